The highest BCUT2D eigenvalue weighted by atomic mass is 16.5. The van der Waals surface area contributed by atoms with Crippen LogP contribution >= 0.6 is 0 Å². The Balaban J connectivity index is 1.35. The Morgan fingerprint density at radius 3 is 2.42 bits per heavy atom. The van der Waals surface area contributed by atoms with Crippen LogP contribution in [0.4, 0.5) is 5.69 Å². The molecule has 7 heteroatoms. The van der Waals surface area contributed by atoms with Gasteiger partial charge in [-0.3, -0.25) is 9.59 Å². The lowest BCUT2D eigenvalue weighted by atomic mass is 9.76. The first-order valence-corrected chi connectivity index (χ1v) is 12.2. The second-order valence-corrected chi connectivity index (χ2v) is 9.18. The summed E-state index contributed by atoms with van der Waals surface area (Å²) in [5.74, 6) is 2.32. The number of benzene rings is 3. The first-order chi connectivity index (χ1) is 17.6. The van der Waals surface area contributed by atoms with E-state index in [2.05, 4.69) is 41.7 Å². The summed E-state index contributed by atoms with van der Waals surface area (Å²) < 4.78 is 16.4. The monoisotopic (exact) mass is 486 g/mol. The Morgan fingerprint density at radius 1 is 0.944 bits per heavy atom. The molecule has 5 rings (SSSR count). The molecule has 2 heterocycles. The molecule has 7 nitrogen and oxygen atoms in total. The molecule has 2 aliphatic heterocycles. The molecule has 0 saturated carbocycles. The average molecular weight is 487 g/mol. The minimum Gasteiger partial charge on any atom is -0.493 e. The highest BCUT2D eigenvalue weighted by Crippen LogP contribution is 2.41. The van der Waals surface area contributed by atoms with Crippen molar-refractivity contribution in [2.24, 2.45) is 5.92 Å². The van der Waals surface area contributed by atoms with Gasteiger partial charge < -0.3 is 24.4 Å². The zero-order valence-corrected chi connectivity index (χ0v) is 20.5. The summed E-state index contributed by atoms with van der Waals surface area (Å²) in [4.78, 5) is 26.9. The Morgan fingerprint density at radius 2 is 1.69 bits per heavy atom. The van der Waals surface area contributed by atoms with Crippen molar-refractivity contribution < 1.29 is 23.8 Å². The number of hydrogen-bond donors (Lipinski definition) is 1. The Bertz CT molecular complexity index is 1250. The number of anilines is 1. The van der Waals surface area contributed by atoms with E-state index < -0.39 is 0 Å². The van der Waals surface area contributed by atoms with Crippen LogP contribution in [-0.4, -0.2) is 50.6 Å². The van der Waals surface area contributed by atoms with Gasteiger partial charge in [-0.05, 0) is 60.2 Å². The number of methoxy groups -OCH3 is 2. The number of hydrogen-bond acceptors (Lipinski definition) is 5. The molecule has 36 heavy (non-hydrogen) atoms. The van der Waals surface area contributed by atoms with E-state index >= 15 is 0 Å². The molecule has 0 bridgehead atoms. The number of nitrogens with zero attached hydrogens (tertiary/aromatic N) is 1. The number of carbonyl (C=O) groups excluding carboxylic acids is 2. The van der Waals surface area contributed by atoms with Crippen LogP contribution in [0.1, 0.15) is 40.2 Å². The maximum atomic E-state index is 13.3. The van der Waals surface area contributed by atoms with E-state index in [9.17, 15) is 9.59 Å². The second-order valence-electron chi connectivity index (χ2n) is 9.18. The number of nitrogens with one attached hydrogen (secondary N) is 1. The highest BCUT2D eigenvalue weighted by Gasteiger charge is 2.31. The number of fused-ring (bicyclic) bond motifs is 1. The first-order valence-electron chi connectivity index (χ1n) is 12.2. The fourth-order valence-corrected chi connectivity index (χ4v) is 5.28. The van der Waals surface area contributed by atoms with Crippen LogP contribution in [0.5, 0.6) is 17.2 Å². The summed E-state index contributed by atoms with van der Waals surface area (Å²) in [7, 11) is 3.30. The molecule has 1 saturated heterocycles. The van der Waals surface area contributed by atoms with Crippen molar-refractivity contribution in [3.63, 3.8) is 0 Å². The van der Waals surface area contributed by atoms with Gasteiger partial charge >= 0.3 is 0 Å². The van der Waals surface area contributed by atoms with Crippen LogP contribution in [0.15, 0.2) is 66.7 Å². The molecule has 1 unspecified atom stereocenters. The Hall–Kier alpha value is -4.00. The molecule has 3 aromatic carbocycles. The third-order valence-corrected chi connectivity index (χ3v) is 7.08. The van der Waals surface area contributed by atoms with E-state index in [0.29, 0.717) is 47.5 Å². The molecular formula is C29H30N2O5. The quantitative estimate of drug-likeness (QED) is 0.546. The summed E-state index contributed by atoms with van der Waals surface area (Å²) in [5.41, 5.74) is 3.52. The van der Waals surface area contributed by atoms with Gasteiger partial charge in [0.2, 0.25) is 0 Å². The van der Waals surface area contributed by atoms with Crippen LogP contribution in [0.25, 0.3) is 0 Å². The van der Waals surface area contributed by atoms with Crippen LogP contribution in [0.2, 0.25) is 0 Å². The number of ether oxygens (including phenoxy) is 3. The van der Waals surface area contributed by atoms with Crippen molar-refractivity contribution in [2.75, 3.05) is 39.2 Å². The smallest absolute Gasteiger partial charge is 0.262 e. The van der Waals surface area contributed by atoms with E-state index in [1.54, 1.807) is 32.4 Å². The van der Waals surface area contributed by atoms with E-state index in [1.807, 2.05) is 17.0 Å². The molecule has 0 aromatic heterocycles. The summed E-state index contributed by atoms with van der Waals surface area (Å²) in [5, 5.41) is 2.78. The lowest BCUT2D eigenvalue weighted by molar-refractivity contribution is -0.118. The van der Waals surface area contributed by atoms with E-state index in [4.69, 9.17) is 14.2 Å². The molecule has 0 aliphatic carbocycles. The first kappa shape index (κ1) is 23.7. The predicted molar refractivity (Wildman–Crippen MR) is 137 cm³/mol. The summed E-state index contributed by atoms with van der Waals surface area (Å²) in [6.45, 7) is 1.33. The van der Waals surface area contributed by atoms with Crippen LogP contribution in [0, 0.1) is 5.92 Å². The van der Waals surface area contributed by atoms with Gasteiger partial charge in [-0.15, -0.1) is 0 Å². The van der Waals surface area contributed by atoms with E-state index in [0.717, 1.165) is 12.8 Å². The average Bonchev–Trinajstić information content (AvgIpc) is 2.93. The van der Waals surface area contributed by atoms with Crippen molar-refractivity contribution in [3.8, 4) is 17.2 Å². The summed E-state index contributed by atoms with van der Waals surface area (Å²) >= 11 is 0. The molecule has 2 amide bonds. The maximum absolute atomic E-state index is 13.3. The fraction of sp³-hybridized carbons (Fsp3) is 0.310. The number of piperidine rings is 1. The zero-order chi connectivity index (χ0) is 25.1. The van der Waals surface area contributed by atoms with Gasteiger partial charge in [0.1, 0.15) is 5.75 Å². The second kappa shape index (κ2) is 10.3. The SMILES string of the molecule is COc1ccc(C(c2ccccc2)C2CCN(C(=O)c3ccc4c(c3)NC(=O)CO4)CC2)cc1OC. The topological polar surface area (TPSA) is 77.1 Å². The van der Waals surface area contributed by atoms with Gasteiger partial charge in [0.05, 0.1) is 19.9 Å². The lowest BCUT2D eigenvalue weighted by Gasteiger charge is -2.37. The van der Waals surface area contributed by atoms with E-state index in [-0.39, 0.29) is 24.3 Å². The normalized spacial score (nSPS) is 16.4. The Labute approximate surface area is 211 Å². The van der Waals surface area contributed by atoms with Gasteiger partial charge in [-0.25, -0.2) is 0 Å². The zero-order valence-electron chi connectivity index (χ0n) is 20.5. The number of carbonyl (C=O) groups is 2. The molecule has 1 N–H and O–H groups in total. The minimum absolute atomic E-state index is 0.00351. The van der Waals surface area contributed by atoms with Crippen molar-refractivity contribution in [1.29, 1.82) is 0 Å². The van der Waals surface area contributed by atoms with Crippen LogP contribution in [-0.2, 0) is 4.79 Å². The number of rotatable bonds is 6. The summed E-state index contributed by atoms with van der Waals surface area (Å²) in [6.07, 6.45) is 1.76. The van der Waals surface area contributed by atoms with Gasteiger partial charge in [0.25, 0.3) is 11.8 Å². The molecular weight excluding hydrogens is 456 g/mol. The minimum atomic E-state index is -0.213. The lowest BCUT2D eigenvalue weighted by Crippen LogP contribution is -2.40. The molecule has 2 aliphatic rings. The molecule has 0 spiro atoms. The van der Waals surface area contributed by atoms with Crippen LogP contribution < -0.4 is 19.5 Å². The van der Waals surface area contributed by atoms with E-state index in [1.165, 1.54) is 11.1 Å². The standard InChI is InChI=1S/C29H30N2O5/c1-34-25-11-8-21(17-26(25)35-2)28(19-6-4-3-5-7-19)20-12-14-31(15-13-20)29(33)22-9-10-24-23(16-22)30-27(32)18-36-24/h3-11,16-17,20,28H,12-15,18H2,1-2H3,(H,30,32). The highest BCUT2D eigenvalue weighted by molar-refractivity contribution is 5.99. The van der Waals surface area contributed by atoms with Crippen LogP contribution in [0.3, 0.4) is 0 Å². The van der Waals surface area contributed by atoms with Gasteiger partial charge in [0.15, 0.2) is 18.1 Å². The molecule has 3 aromatic rings. The fourth-order valence-electron chi connectivity index (χ4n) is 5.28. The third kappa shape index (κ3) is 4.73. The molecule has 186 valence electrons. The molecule has 1 fully saturated rings. The molecule has 1 atom stereocenters. The number of amides is 2. The predicted octanol–water partition coefficient (Wildman–Crippen LogP) is 4.72. The third-order valence-electron chi connectivity index (χ3n) is 7.08. The van der Waals surface area contributed by atoms with Gasteiger partial charge in [-0.2, -0.15) is 0 Å². The largest absolute Gasteiger partial charge is 0.493 e. The van der Waals surface area contributed by atoms with Crippen molar-refractivity contribution in [2.45, 2.75) is 18.8 Å². The van der Waals surface area contributed by atoms with Crippen molar-refractivity contribution in [3.05, 3.63) is 83.4 Å². The maximum Gasteiger partial charge on any atom is 0.262 e. The Kier molecular flexibility index (Phi) is 6.80. The van der Waals surface area contributed by atoms with Crippen molar-refractivity contribution in [1.82, 2.24) is 4.90 Å². The van der Waals surface area contributed by atoms with Gasteiger partial charge in [0, 0.05) is 24.6 Å². The molecule has 0 radical (unpaired) electrons. The number of likely N-dealkylation sites (tertiary alicyclic amines) is 1. The van der Waals surface area contributed by atoms with Crippen molar-refractivity contribution >= 4 is 17.5 Å². The van der Waals surface area contributed by atoms with Gasteiger partial charge in [-0.1, -0.05) is 36.4 Å². The summed E-state index contributed by atoms with van der Waals surface area (Å²) in [6, 6.07) is 21.9.